The number of primary amides is 1. The van der Waals surface area contributed by atoms with Gasteiger partial charge in [-0.1, -0.05) is 41.9 Å². The van der Waals surface area contributed by atoms with Crippen molar-refractivity contribution in [3.63, 3.8) is 0 Å². The van der Waals surface area contributed by atoms with Crippen LogP contribution in [0.3, 0.4) is 0 Å². The Morgan fingerprint density at radius 3 is 2.56 bits per heavy atom. The van der Waals surface area contributed by atoms with Gasteiger partial charge in [-0.25, -0.2) is 0 Å². The number of imide groups is 1. The van der Waals surface area contributed by atoms with Crippen LogP contribution in [0.15, 0.2) is 42.5 Å². The zero-order valence-electron chi connectivity index (χ0n) is 18.9. The van der Waals surface area contributed by atoms with Crippen LogP contribution in [0.4, 0.5) is 5.69 Å². The molecule has 0 unspecified atom stereocenters. The average Bonchev–Trinajstić information content (AvgIpc) is 3.40. The van der Waals surface area contributed by atoms with Gasteiger partial charge in [0, 0.05) is 23.4 Å². The number of nitrogens with one attached hydrogen (secondary N) is 1. The number of nitrogens with two attached hydrogens (primary N) is 2. The molecular formula is C25H26ClN4O4+. The van der Waals surface area contributed by atoms with Crippen LogP contribution in [0.25, 0.3) is 0 Å². The molecule has 0 radical (unpaired) electrons. The number of quaternary nitrogens is 1. The van der Waals surface area contributed by atoms with E-state index in [1.165, 1.54) is 4.90 Å². The molecule has 9 heteroatoms. The minimum Gasteiger partial charge on any atom is -0.370 e. The maximum Gasteiger partial charge on any atom is 0.291 e. The largest absolute Gasteiger partial charge is 0.370 e. The van der Waals surface area contributed by atoms with Gasteiger partial charge in [0.05, 0.1) is 11.7 Å². The summed E-state index contributed by atoms with van der Waals surface area (Å²) < 4.78 is 0. The second kappa shape index (κ2) is 7.92. The lowest BCUT2D eigenvalue weighted by molar-refractivity contribution is -0.734. The Hall–Kier alpha value is -3.23. The quantitative estimate of drug-likeness (QED) is 0.557. The van der Waals surface area contributed by atoms with Gasteiger partial charge in [-0.2, -0.15) is 0 Å². The lowest BCUT2D eigenvalue weighted by atomic mass is 9.76. The lowest BCUT2D eigenvalue weighted by Crippen LogP contribution is -2.99. The maximum atomic E-state index is 14.0. The van der Waals surface area contributed by atoms with Crippen LogP contribution in [-0.4, -0.2) is 34.6 Å². The van der Waals surface area contributed by atoms with Crippen molar-refractivity contribution in [2.45, 2.75) is 44.3 Å². The Morgan fingerprint density at radius 2 is 1.88 bits per heavy atom. The number of carbonyl (C=O) groups excluding carboxylic acids is 4. The Bertz CT molecular complexity index is 1230. The van der Waals surface area contributed by atoms with E-state index in [0.29, 0.717) is 28.3 Å². The number of nitrogens with zero attached hydrogens (tertiary/aromatic N) is 1. The fraction of sp³-hybridized carbons (Fsp3) is 0.360. The van der Waals surface area contributed by atoms with Crippen molar-refractivity contribution in [1.29, 1.82) is 0 Å². The number of likely N-dealkylation sites (tertiary alicyclic amines) is 1. The number of fused-ring (bicyclic) bond motifs is 4. The van der Waals surface area contributed by atoms with Gasteiger partial charge < -0.3 is 16.4 Å². The van der Waals surface area contributed by atoms with Crippen molar-refractivity contribution >= 4 is 40.9 Å². The zero-order chi connectivity index (χ0) is 24.4. The van der Waals surface area contributed by atoms with E-state index in [9.17, 15) is 19.2 Å². The molecule has 0 bridgehead atoms. The molecule has 0 aromatic heterocycles. The molecule has 0 aliphatic carbocycles. The van der Waals surface area contributed by atoms with Crippen LogP contribution in [0.5, 0.6) is 0 Å². The topological polar surface area (TPSA) is 126 Å². The van der Waals surface area contributed by atoms with E-state index in [-0.39, 0.29) is 24.1 Å². The maximum absolute atomic E-state index is 14.0. The fourth-order valence-electron chi connectivity index (χ4n) is 6.01. The van der Waals surface area contributed by atoms with Crippen LogP contribution in [0.2, 0.25) is 5.02 Å². The highest BCUT2D eigenvalue weighted by Gasteiger charge is 2.74. The summed E-state index contributed by atoms with van der Waals surface area (Å²) in [5, 5.41) is 5.23. The molecule has 3 aliphatic rings. The molecule has 34 heavy (non-hydrogen) atoms. The average molecular weight is 482 g/mol. The second-order valence-electron chi connectivity index (χ2n) is 9.39. The van der Waals surface area contributed by atoms with Crippen molar-refractivity contribution in [2.75, 3.05) is 5.32 Å². The first kappa shape index (κ1) is 22.6. The molecule has 3 heterocycles. The van der Waals surface area contributed by atoms with E-state index in [2.05, 4.69) is 5.32 Å². The van der Waals surface area contributed by atoms with E-state index < -0.39 is 35.4 Å². The summed E-state index contributed by atoms with van der Waals surface area (Å²) >= 11 is 6.30. The molecule has 4 amide bonds. The number of halogens is 1. The van der Waals surface area contributed by atoms with E-state index in [0.717, 1.165) is 5.56 Å². The van der Waals surface area contributed by atoms with Crippen LogP contribution in [0.1, 0.15) is 42.5 Å². The number of rotatable bonds is 5. The van der Waals surface area contributed by atoms with Crippen molar-refractivity contribution in [3.8, 4) is 0 Å². The number of amides is 4. The second-order valence-corrected chi connectivity index (χ2v) is 9.80. The van der Waals surface area contributed by atoms with Crippen LogP contribution < -0.4 is 16.4 Å². The molecule has 8 nitrogen and oxygen atoms in total. The summed E-state index contributed by atoms with van der Waals surface area (Å²) in [6, 6.07) is 11.9. The molecule has 1 spiro atoms. The van der Waals surface area contributed by atoms with Gasteiger partial charge in [0.25, 0.3) is 5.91 Å². The number of hydrogen-bond donors (Lipinski definition) is 3. The minimum atomic E-state index is -1.31. The Morgan fingerprint density at radius 1 is 1.18 bits per heavy atom. The number of benzene rings is 2. The van der Waals surface area contributed by atoms with E-state index in [1.807, 2.05) is 44.2 Å². The van der Waals surface area contributed by atoms with Gasteiger partial charge in [-0.05, 0) is 37.1 Å². The summed E-state index contributed by atoms with van der Waals surface area (Å²) in [5.41, 5.74) is 6.85. The summed E-state index contributed by atoms with van der Waals surface area (Å²) in [6.45, 7) is 3.62. The smallest absolute Gasteiger partial charge is 0.291 e. The van der Waals surface area contributed by atoms with Crippen LogP contribution in [-0.2, 0) is 24.7 Å². The van der Waals surface area contributed by atoms with Crippen molar-refractivity contribution in [3.05, 3.63) is 64.2 Å². The molecule has 3 aliphatic heterocycles. The Balaban J connectivity index is 1.63. The third-order valence-corrected chi connectivity index (χ3v) is 8.08. The molecule has 2 aromatic carbocycles. The first-order valence-electron chi connectivity index (χ1n) is 11.4. The van der Waals surface area contributed by atoms with Gasteiger partial charge in [-0.15, -0.1) is 0 Å². The predicted molar refractivity (Wildman–Crippen MR) is 124 cm³/mol. The van der Waals surface area contributed by atoms with Crippen LogP contribution in [0, 0.1) is 18.8 Å². The van der Waals surface area contributed by atoms with Gasteiger partial charge in [0.15, 0.2) is 0 Å². The lowest BCUT2D eigenvalue weighted by Gasteiger charge is -2.29. The zero-order valence-corrected chi connectivity index (χ0v) is 19.6. The highest BCUT2D eigenvalue weighted by Crippen LogP contribution is 2.52. The van der Waals surface area contributed by atoms with E-state index in [1.54, 1.807) is 17.4 Å². The highest BCUT2D eigenvalue weighted by atomic mass is 35.5. The Kier molecular flexibility index (Phi) is 5.26. The summed E-state index contributed by atoms with van der Waals surface area (Å²) in [6.07, 6.45) is 0.351. The van der Waals surface area contributed by atoms with Gasteiger partial charge >= 0.3 is 0 Å². The molecule has 5 N–H and O–H groups in total. The van der Waals surface area contributed by atoms with Crippen LogP contribution >= 0.6 is 11.6 Å². The molecule has 5 atom stereocenters. The number of hydrogen-bond acceptors (Lipinski definition) is 4. The molecule has 2 fully saturated rings. The molecule has 5 rings (SSSR count). The summed E-state index contributed by atoms with van der Waals surface area (Å²) in [5.74, 6) is -3.17. The molecular weight excluding hydrogens is 456 g/mol. The monoisotopic (exact) mass is 481 g/mol. The van der Waals surface area contributed by atoms with E-state index in [4.69, 9.17) is 17.3 Å². The highest BCUT2D eigenvalue weighted by molar-refractivity contribution is 6.32. The van der Waals surface area contributed by atoms with Crippen molar-refractivity contribution in [2.24, 2.45) is 17.6 Å². The molecule has 2 aromatic rings. The van der Waals surface area contributed by atoms with Gasteiger partial charge in [-0.3, -0.25) is 24.1 Å². The summed E-state index contributed by atoms with van der Waals surface area (Å²) in [4.78, 5) is 54.2. The summed E-state index contributed by atoms with van der Waals surface area (Å²) in [7, 11) is 0. The SMILES string of the molecule is Cc1c(Cl)ccc2c1NC(=O)[C@@]21[NH2+][C@@H](CCC(N)=O)[C@H]2C(=O)N([C@H](C)c3ccccc3)C(=O)[C@H]21. The third kappa shape index (κ3) is 3.02. The van der Waals surface area contributed by atoms with Gasteiger partial charge in [0.1, 0.15) is 17.9 Å². The number of anilines is 1. The van der Waals surface area contributed by atoms with E-state index >= 15 is 0 Å². The standard InChI is InChI=1S/C25H25ClN4O4/c1-12-16(26)9-8-15-21(12)28-24(34)25(15)20-19(17(29-25)10-11-18(27)31)22(32)30(23(20)33)13(2)14-6-4-3-5-7-14/h3-9,13,17,19-20,29H,10-11H2,1-2H3,(H2,27,31)(H,28,34)/p+1/t13-,17+,19-,20+,25-/m1/s1. The number of carbonyl (C=O) groups is 4. The van der Waals surface area contributed by atoms with Crippen molar-refractivity contribution < 1.29 is 24.5 Å². The van der Waals surface area contributed by atoms with Crippen molar-refractivity contribution in [1.82, 2.24) is 4.90 Å². The van der Waals surface area contributed by atoms with Gasteiger partial charge in [0.2, 0.25) is 23.3 Å². The minimum absolute atomic E-state index is 0.0598. The normalized spacial score (nSPS) is 28.3. The molecule has 2 saturated heterocycles. The Labute approximate surface area is 201 Å². The molecule has 0 saturated carbocycles. The molecule has 176 valence electrons. The third-order valence-electron chi connectivity index (χ3n) is 7.67. The first-order chi connectivity index (χ1) is 16.2. The predicted octanol–water partition coefficient (Wildman–Crippen LogP) is 1.37. The first-order valence-corrected chi connectivity index (χ1v) is 11.7. The fourth-order valence-corrected chi connectivity index (χ4v) is 6.17.